The lowest BCUT2D eigenvalue weighted by Crippen LogP contribution is -2.16. The van der Waals surface area contributed by atoms with Gasteiger partial charge in [0, 0.05) is 29.7 Å². The lowest BCUT2D eigenvalue weighted by Gasteiger charge is -2.19. The highest BCUT2D eigenvalue weighted by atomic mass is 15.2. The third kappa shape index (κ3) is 3.37. The molecule has 0 saturated carbocycles. The van der Waals surface area contributed by atoms with Gasteiger partial charge in [-0.3, -0.25) is 5.41 Å². The average molecular weight is 283 g/mol. The van der Waals surface area contributed by atoms with Gasteiger partial charge < -0.3 is 10.6 Å². The normalized spacial score (nSPS) is 10.7. The Hall–Kier alpha value is -2.43. The fraction of sp³-hybridized carbons (Fsp3) is 0.312. The van der Waals surface area contributed by atoms with Crippen molar-refractivity contribution in [1.82, 2.24) is 9.97 Å². The zero-order chi connectivity index (χ0) is 15.6. The molecule has 5 nitrogen and oxygen atoms in total. The lowest BCUT2D eigenvalue weighted by molar-refractivity contribution is 0.804. The van der Waals surface area contributed by atoms with Crippen LogP contribution in [0.3, 0.4) is 0 Å². The standard InChI is InChI=1S/C16H21N5/c1-10(2)14-9-11(3)19-16(20-14)21(4)13-7-5-12(6-8-13)15(17)18/h5-10H,1-4H3,(H3,17,18). The first-order chi connectivity index (χ1) is 9.88. The Morgan fingerprint density at radius 3 is 2.33 bits per heavy atom. The van der Waals surface area contributed by atoms with Gasteiger partial charge in [0.2, 0.25) is 5.95 Å². The number of amidine groups is 1. The van der Waals surface area contributed by atoms with Crippen molar-refractivity contribution < 1.29 is 0 Å². The second kappa shape index (κ2) is 5.91. The van der Waals surface area contributed by atoms with Crippen LogP contribution in [-0.2, 0) is 0 Å². The molecule has 21 heavy (non-hydrogen) atoms. The van der Waals surface area contributed by atoms with Gasteiger partial charge in [0.1, 0.15) is 5.84 Å². The third-order valence-corrected chi connectivity index (χ3v) is 3.32. The number of nitrogens with one attached hydrogen (secondary N) is 1. The Morgan fingerprint density at radius 2 is 1.81 bits per heavy atom. The number of aromatic nitrogens is 2. The first kappa shape index (κ1) is 15.0. The molecule has 5 heteroatoms. The van der Waals surface area contributed by atoms with Gasteiger partial charge in [-0.2, -0.15) is 0 Å². The smallest absolute Gasteiger partial charge is 0.230 e. The number of nitrogens with zero attached hydrogens (tertiary/aromatic N) is 3. The molecule has 0 radical (unpaired) electrons. The molecule has 110 valence electrons. The third-order valence-electron chi connectivity index (χ3n) is 3.32. The first-order valence-corrected chi connectivity index (χ1v) is 6.92. The Kier molecular flexibility index (Phi) is 4.21. The number of anilines is 2. The maximum absolute atomic E-state index is 7.42. The van der Waals surface area contributed by atoms with Gasteiger partial charge in [0.25, 0.3) is 0 Å². The van der Waals surface area contributed by atoms with E-state index in [1.165, 1.54) is 0 Å². The van der Waals surface area contributed by atoms with E-state index in [1.54, 1.807) is 0 Å². The molecular formula is C16H21N5. The fourth-order valence-electron chi connectivity index (χ4n) is 2.00. The predicted octanol–water partition coefficient (Wildman–Crippen LogP) is 2.96. The van der Waals surface area contributed by atoms with E-state index in [0.29, 0.717) is 17.4 Å². The second-order valence-electron chi connectivity index (χ2n) is 5.41. The summed E-state index contributed by atoms with van der Waals surface area (Å²) in [6.07, 6.45) is 0. The van der Waals surface area contributed by atoms with E-state index in [-0.39, 0.29) is 5.84 Å². The SMILES string of the molecule is Cc1cc(C(C)C)nc(N(C)c2ccc(C(=N)N)cc2)n1. The van der Waals surface area contributed by atoms with Crippen molar-refractivity contribution in [1.29, 1.82) is 5.41 Å². The monoisotopic (exact) mass is 283 g/mol. The topological polar surface area (TPSA) is 78.9 Å². The zero-order valence-electron chi connectivity index (χ0n) is 12.9. The first-order valence-electron chi connectivity index (χ1n) is 6.92. The molecule has 1 aromatic carbocycles. The number of nitrogens with two attached hydrogens (primary N) is 1. The highest BCUT2D eigenvalue weighted by Crippen LogP contribution is 2.23. The molecule has 2 rings (SSSR count). The van der Waals surface area contributed by atoms with E-state index >= 15 is 0 Å². The summed E-state index contributed by atoms with van der Waals surface area (Å²) in [7, 11) is 1.93. The van der Waals surface area contributed by atoms with Gasteiger partial charge in [-0.05, 0) is 43.2 Å². The minimum absolute atomic E-state index is 0.0677. The minimum atomic E-state index is 0.0677. The van der Waals surface area contributed by atoms with Crippen molar-refractivity contribution in [3.05, 3.63) is 47.3 Å². The van der Waals surface area contributed by atoms with Crippen molar-refractivity contribution in [3.8, 4) is 0 Å². The molecule has 0 atom stereocenters. The summed E-state index contributed by atoms with van der Waals surface area (Å²) in [5.41, 5.74) is 9.12. The van der Waals surface area contributed by atoms with Crippen molar-refractivity contribution >= 4 is 17.5 Å². The molecule has 0 bridgehead atoms. The molecule has 0 spiro atoms. The number of benzene rings is 1. The van der Waals surface area contributed by atoms with Crippen LogP contribution in [0.2, 0.25) is 0 Å². The van der Waals surface area contributed by atoms with Crippen molar-refractivity contribution in [2.75, 3.05) is 11.9 Å². The molecule has 0 amide bonds. The Labute approximate surface area is 125 Å². The van der Waals surface area contributed by atoms with E-state index in [9.17, 15) is 0 Å². The number of nitrogen functional groups attached to an aromatic ring is 1. The summed E-state index contributed by atoms with van der Waals surface area (Å²) < 4.78 is 0. The lowest BCUT2D eigenvalue weighted by atomic mass is 10.1. The fourth-order valence-corrected chi connectivity index (χ4v) is 2.00. The highest BCUT2D eigenvalue weighted by Gasteiger charge is 2.11. The van der Waals surface area contributed by atoms with Crippen LogP contribution in [0, 0.1) is 12.3 Å². The zero-order valence-corrected chi connectivity index (χ0v) is 12.9. The highest BCUT2D eigenvalue weighted by molar-refractivity contribution is 5.95. The number of rotatable bonds is 4. The van der Waals surface area contributed by atoms with Gasteiger partial charge in [-0.25, -0.2) is 9.97 Å². The Balaban J connectivity index is 2.35. The molecule has 0 unspecified atom stereocenters. The summed E-state index contributed by atoms with van der Waals surface area (Å²) >= 11 is 0. The molecule has 0 aliphatic rings. The number of aryl methyl sites for hydroxylation is 1. The summed E-state index contributed by atoms with van der Waals surface area (Å²) in [6, 6.07) is 9.50. The van der Waals surface area contributed by atoms with Crippen molar-refractivity contribution in [3.63, 3.8) is 0 Å². The molecular weight excluding hydrogens is 262 g/mol. The van der Waals surface area contributed by atoms with Crippen LogP contribution in [0.25, 0.3) is 0 Å². The summed E-state index contributed by atoms with van der Waals surface area (Å²) in [5, 5.41) is 7.42. The summed E-state index contributed by atoms with van der Waals surface area (Å²) in [4.78, 5) is 11.0. The van der Waals surface area contributed by atoms with E-state index in [0.717, 1.165) is 17.1 Å². The van der Waals surface area contributed by atoms with Crippen LogP contribution in [0.1, 0.15) is 36.7 Å². The molecule has 2 aromatic rings. The quantitative estimate of drug-likeness (QED) is 0.668. The van der Waals surface area contributed by atoms with Crippen LogP contribution >= 0.6 is 0 Å². The van der Waals surface area contributed by atoms with Gasteiger partial charge >= 0.3 is 0 Å². The van der Waals surface area contributed by atoms with Gasteiger partial charge in [0.05, 0.1) is 0 Å². The van der Waals surface area contributed by atoms with Crippen LogP contribution in [0.5, 0.6) is 0 Å². The molecule has 0 aliphatic carbocycles. The molecule has 0 aliphatic heterocycles. The summed E-state index contributed by atoms with van der Waals surface area (Å²) in [6.45, 7) is 6.21. The van der Waals surface area contributed by atoms with Crippen molar-refractivity contribution in [2.24, 2.45) is 5.73 Å². The van der Waals surface area contributed by atoms with Crippen LogP contribution in [0.4, 0.5) is 11.6 Å². The molecule has 3 N–H and O–H groups in total. The maximum atomic E-state index is 7.42. The van der Waals surface area contributed by atoms with E-state index in [1.807, 2.05) is 49.2 Å². The van der Waals surface area contributed by atoms with Gasteiger partial charge in [-0.1, -0.05) is 13.8 Å². The Morgan fingerprint density at radius 1 is 1.19 bits per heavy atom. The predicted molar refractivity (Wildman–Crippen MR) is 86.4 cm³/mol. The largest absolute Gasteiger partial charge is 0.384 e. The number of hydrogen-bond acceptors (Lipinski definition) is 4. The van der Waals surface area contributed by atoms with E-state index in [4.69, 9.17) is 11.1 Å². The molecule has 0 saturated heterocycles. The van der Waals surface area contributed by atoms with E-state index in [2.05, 4.69) is 23.8 Å². The summed E-state index contributed by atoms with van der Waals surface area (Å²) in [5.74, 6) is 1.10. The molecule has 0 fully saturated rings. The van der Waals surface area contributed by atoms with Gasteiger partial charge in [0.15, 0.2) is 0 Å². The second-order valence-corrected chi connectivity index (χ2v) is 5.41. The van der Waals surface area contributed by atoms with E-state index < -0.39 is 0 Å². The molecule has 1 aromatic heterocycles. The van der Waals surface area contributed by atoms with Crippen molar-refractivity contribution in [2.45, 2.75) is 26.7 Å². The van der Waals surface area contributed by atoms with Gasteiger partial charge in [-0.15, -0.1) is 0 Å². The number of hydrogen-bond donors (Lipinski definition) is 2. The van der Waals surface area contributed by atoms with Crippen LogP contribution in [0.15, 0.2) is 30.3 Å². The van der Waals surface area contributed by atoms with Crippen LogP contribution in [-0.4, -0.2) is 22.9 Å². The molecule has 1 heterocycles. The maximum Gasteiger partial charge on any atom is 0.230 e. The Bertz CT molecular complexity index is 646. The average Bonchev–Trinajstić information content (AvgIpc) is 2.45. The minimum Gasteiger partial charge on any atom is -0.384 e. The van der Waals surface area contributed by atoms with Crippen LogP contribution < -0.4 is 10.6 Å².